The summed E-state index contributed by atoms with van der Waals surface area (Å²) in [7, 11) is 0. The number of benzene rings is 3. The number of para-hydroxylation sites is 2. The molecule has 0 spiro atoms. The van der Waals surface area contributed by atoms with E-state index in [-0.39, 0.29) is 36.8 Å². The minimum Gasteiger partial charge on any atom is -0.486 e. The Kier molecular flexibility index (Phi) is 7.40. The molecule has 3 aromatic carbocycles. The van der Waals surface area contributed by atoms with Crippen LogP contribution in [0.3, 0.4) is 0 Å². The Morgan fingerprint density at radius 3 is 2.39 bits per heavy atom. The van der Waals surface area contributed by atoms with Crippen molar-refractivity contribution in [2.75, 3.05) is 62.2 Å². The molecule has 9 nitrogen and oxygen atoms in total. The molecule has 228 valence electrons. The maximum Gasteiger partial charge on any atom is 0.263 e. The Bertz CT molecular complexity index is 1610. The van der Waals surface area contributed by atoms with E-state index in [1.165, 1.54) is 21.7 Å². The van der Waals surface area contributed by atoms with Crippen molar-refractivity contribution < 1.29 is 23.9 Å². The standard InChI is InChI=1S/C35H38N4O5/c1-23-8-5-11-28(24(23)2)36-16-18-37(19-17-36)33(40)25-9-7-15-38(20-25)29-12-6-10-27-32(29)35(42)39(34(27)41)21-26-22-43-30-13-3-4-14-31(30)44-26/h3-6,8,10-14,25-26H,7,9,15-22H2,1-2H3/t25-,26+/m1/s1. The lowest BCUT2D eigenvalue weighted by molar-refractivity contribution is -0.136. The van der Waals surface area contributed by atoms with Gasteiger partial charge in [-0.1, -0.05) is 30.3 Å². The smallest absolute Gasteiger partial charge is 0.263 e. The Hall–Kier alpha value is -4.53. The maximum atomic E-state index is 13.7. The van der Waals surface area contributed by atoms with Gasteiger partial charge in [0.25, 0.3) is 11.8 Å². The molecule has 3 amide bonds. The number of aryl methyl sites for hydroxylation is 1. The third kappa shape index (κ3) is 5.04. The van der Waals surface area contributed by atoms with E-state index in [0.717, 1.165) is 38.2 Å². The Balaban J connectivity index is 1.02. The highest BCUT2D eigenvalue weighted by molar-refractivity contribution is 6.23. The molecule has 2 fully saturated rings. The Labute approximate surface area is 257 Å². The summed E-state index contributed by atoms with van der Waals surface area (Å²) < 4.78 is 11.9. The first-order valence-corrected chi connectivity index (χ1v) is 15.6. The van der Waals surface area contributed by atoms with Crippen LogP contribution in [0.15, 0.2) is 60.7 Å². The van der Waals surface area contributed by atoms with Crippen LogP contribution in [-0.4, -0.2) is 86.0 Å². The molecule has 4 aliphatic rings. The molecule has 0 bridgehead atoms. The number of hydrogen-bond donors (Lipinski definition) is 0. The average molecular weight is 595 g/mol. The molecule has 0 aromatic heterocycles. The van der Waals surface area contributed by atoms with Crippen LogP contribution in [0.2, 0.25) is 0 Å². The molecular weight excluding hydrogens is 556 g/mol. The number of hydrogen-bond acceptors (Lipinski definition) is 7. The fourth-order valence-corrected chi connectivity index (χ4v) is 7.00. The van der Waals surface area contributed by atoms with Gasteiger partial charge in [0.15, 0.2) is 17.6 Å². The second-order valence-corrected chi connectivity index (χ2v) is 12.2. The van der Waals surface area contributed by atoms with E-state index in [9.17, 15) is 14.4 Å². The van der Waals surface area contributed by atoms with Gasteiger partial charge in [-0.05, 0) is 68.1 Å². The third-order valence-corrected chi connectivity index (χ3v) is 9.55. The number of anilines is 2. The van der Waals surface area contributed by atoms with Crippen molar-refractivity contribution in [3.63, 3.8) is 0 Å². The average Bonchev–Trinajstić information content (AvgIpc) is 3.30. The molecule has 0 aliphatic carbocycles. The fourth-order valence-electron chi connectivity index (χ4n) is 7.00. The molecular formula is C35H38N4O5. The topological polar surface area (TPSA) is 82.6 Å². The second-order valence-electron chi connectivity index (χ2n) is 12.2. The summed E-state index contributed by atoms with van der Waals surface area (Å²) in [6, 6.07) is 19.2. The summed E-state index contributed by atoms with van der Waals surface area (Å²) in [4.78, 5) is 48.7. The summed E-state index contributed by atoms with van der Waals surface area (Å²) in [5.41, 5.74) is 5.38. The zero-order valence-corrected chi connectivity index (χ0v) is 25.3. The van der Waals surface area contributed by atoms with Crippen LogP contribution in [0.1, 0.15) is 44.7 Å². The Morgan fingerprint density at radius 1 is 0.818 bits per heavy atom. The Morgan fingerprint density at radius 2 is 1.57 bits per heavy atom. The fraction of sp³-hybridized carbons (Fsp3) is 0.400. The summed E-state index contributed by atoms with van der Waals surface area (Å²) in [5.74, 6) is 0.659. The SMILES string of the molecule is Cc1cccc(N2CCN(C(=O)[C@@H]3CCCN(c4cccc5c4C(=O)N(C[C@H]4COc6ccccc6O4)C5=O)C3)CC2)c1C. The van der Waals surface area contributed by atoms with Crippen LogP contribution in [0.4, 0.5) is 11.4 Å². The van der Waals surface area contributed by atoms with Crippen LogP contribution in [0, 0.1) is 19.8 Å². The number of carbonyl (C=O) groups is 3. The molecule has 4 heterocycles. The van der Waals surface area contributed by atoms with Crippen molar-refractivity contribution in [1.29, 1.82) is 0 Å². The predicted molar refractivity (Wildman–Crippen MR) is 168 cm³/mol. The predicted octanol–water partition coefficient (Wildman–Crippen LogP) is 4.30. The molecule has 9 heteroatoms. The van der Waals surface area contributed by atoms with Crippen molar-refractivity contribution in [3.05, 3.63) is 82.9 Å². The molecule has 0 saturated carbocycles. The molecule has 44 heavy (non-hydrogen) atoms. The summed E-state index contributed by atoms with van der Waals surface area (Å²) in [6.07, 6.45) is 1.21. The van der Waals surface area contributed by atoms with E-state index in [0.29, 0.717) is 42.3 Å². The van der Waals surface area contributed by atoms with Gasteiger partial charge in [-0.15, -0.1) is 0 Å². The molecule has 0 radical (unpaired) electrons. The molecule has 7 rings (SSSR count). The van der Waals surface area contributed by atoms with Gasteiger partial charge < -0.3 is 24.2 Å². The van der Waals surface area contributed by atoms with Crippen molar-refractivity contribution in [1.82, 2.24) is 9.80 Å². The lowest BCUT2D eigenvalue weighted by Crippen LogP contribution is -2.53. The number of nitrogens with zero attached hydrogens (tertiary/aromatic N) is 4. The van der Waals surface area contributed by atoms with E-state index in [2.05, 4.69) is 41.8 Å². The molecule has 4 aliphatic heterocycles. The minimum absolute atomic E-state index is 0.106. The van der Waals surface area contributed by atoms with Crippen LogP contribution in [-0.2, 0) is 4.79 Å². The zero-order chi connectivity index (χ0) is 30.4. The summed E-state index contributed by atoms with van der Waals surface area (Å²) >= 11 is 0. The van der Waals surface area contributed by atoms with Crippen molar-refractivity contribution in [2.45, 2.75) is 32.8 Å². The van der Waals surface area contributed by atoms with Gasteiger partial charge in [-0.2, -0.15) is 0 Å². The van der Waals surface area contributed by atoms with Gasteiger partial charge in [0.05, 0.1) is 29.3 Å². The van der Waals surface area contributed by atoms with E-state index in [1.807, 2.05) is 41.3 Å². The van der Waals surface area contributed by atoms with Crippen molar-refractivity contribution >= 4 is 29.1 Å². The van der Waals surface area contributed by atoms with E-state index < -0.39 is 6.10 Å². The largest absolute Gasteiger partial charge is 0.486 e. The number of piperidine rings is 1. The molecule has 2 saturated heterocycles. The van der Waals surface area contributed by atoms with Crippen molar-refractivity contribution in [3.8, 4) is 11.5 Å². The van der Waals surface area contributed by atoms with Gasteiger partial charge in [-0.25, -0.2) is 0 Å². The van der Waals surface area contributed by atoms with Gasteiger partial charge >= 0.3 is 0 Å². The number of fused-ring (bicyclic) bond motifs is 2. The second kappa shape index (κ2) is 11.5. The first-order chi connectivity index (χ1) is 21.4. The highest BCUT2D eigenvalue weighted by Gasteiger charge is 2.41. The quantitative estimate of drug-likeness (QED) is 0.408. The first kappa shape index (κ1) is 28.3. The normalized spacial score (nSPS) is 21.5. The number of rotatable bonds is 5. The number of carbonyl (C=O) groups excluding carboxylic acids is 3. The number of piperazine rings is 1. The van der Waals surface area contributed by atoms with Gasteiger partial charge in [0, 0.05) is 45.0 Å². The van der Waals surface area contributed by atoms with Gasteiger partial charge in [0.2, 0.25) is 5.91 Å². The number of amides is 3. The van der Waals surface area contributed by atoms with E-state index in [1.54, 1.807) is 6.07 Å². The maximum absolute atomic E-state index is 13.7. The highest BCUT2D eigenvalue weighted by Crippen LogP contribution is 2.36. The van der Waals surface area contributed by atoms with Gasteiger partial charge in [0.1, 0.15) is 6.61 Å². The van der Waals surface area contributed by atoms with Crippen LogP contribution in [0.25, 0.3) is 0 Å². The monoisotopic (exact) mass is 594 g/mol. The minimum atomic E-state index is -0.456. The van der Waals surface area contributed by atoms with E-state index >= 15 is 0 Å². The molecule has 0 unspecified atom stereocenters. The van der Waals surface area contributed by atoms with Crippen molar-refractivity contribution in [2.24, 2.45) is 5.92 Å². The molecule has 3 aromatic rings. The van der Waals surface area contributed by atoms with Crippen LogP contribution in [0.5, 0.6) is 11.5 Å². The lowest BCUT2D eigenvalue weighted by Gasteiger charge is -2.40. The summed E-state index contributed by atoms with van der Waals surface area (Å²) in [5, 5.41) is 0. The summed E-state index contributed by atoms with van der Waals surface area (Å²) in [6.45, 7) is 8.94. The van der Waals surface area contributed by atoms with Gasteiger partial charge in [-0.3, -0.25) is 19.3 Å². The molecule has 2 atom stereocenters. The van der Waals surface area contributed by atoms with E-state index in [4.69, 9.17) is 9.47 Å². The van der Waals surface area contributed by atoms with Crippen LogP contribution >= 0.6 is 0 Å². The first-order valence-electron chi connectivity index (χ1n) is 15.6. The molecule has 0 N–H and O–H groups in total. The number of imide groups is 1. The number of ether oxygens (including phenoxy) is 2. The van der Waals surface area contributed by atoms with Crippen LogP contribution < -0.4 is 19.3 Å². The zero-order valence-electron chi connectivity index (χ0n) is 25.3. The highest BCUT2D eigenvalue weighted by atomic mass is 16.6. The lowest BCUT2D eigenvalue weighted by atomic mass is 9.94. The third-order valence-electron chi connectivity index (χ3n) is 9.55.